The van der Waals surface area contributed by atoms with Crippen LogP contribution in [0.25, 0.3) is 0 Å². The maximum Gasteiger partial charge on any atom is 0.245 e. The lowest BCUT2D eigenvalue weighted by Crippen LogP contribution is -2.41. The van der Waals surface area contributed by atoms with Crippen LogP contribution in [0, 0.1) is 13.8 Å². The molecular weight excluding hydrogens is 324 g/mol. The number of rotatable bonds is 4. The van der Waals surface area contributed by atoms with Crippen molar-refractivity contribution in [3.63, 3.8) is 0 Å². The van der Waals surface area contributed by atoms with Crippen LogP contribution in [0.3, 0.4) is 0 Å². The fourth-order valence-electron chi connectivity index (χ4n) is 3.01. The Labute approximate surface area is 142 Å². The Kier molecular flexibility index (Phi) is 4.43. The molecule has 1 aliphatic heterocycles. The monoisotopic (exact) mass is 344 g/mol. The van der Waals surface area contributed by atoms with Gasteiger partial charge in [0.2, 0.25) is 15.9 Å². The summed E-state index contributed by atoms with van der Waals surface area (Å²) in [5.74, 6) is -0.209. The first-order valence-electron chi connectivity index (χ1n) is 7.84. The Morgan fingerprint density at radius 1 is 1.04 bits per heavy atom. The second-order valence-electron chi connectivity index (χ2n) is 6.11. The van der Waals surface area contributed by atoms with Crippen LogP contribution < -0.4 is 9.62 Å². The Hall–Kier alpha value is -2.18. The van der Waals surface area contributed by atoms with Gasteiger partial charge in [-0.1, -0.05) is 24.3 Å². The van der Waals surface area contributed by atoms with Gasteiger partial charge in [-0.05, 0) is 55.7 Å². The molecule has 1 fully saturated rings. The van der Waals surface area contributed by atoms with E-state index in [-0.39, 0.29) is 10.8 Å². The van der Waals surface area contributed by atoms with E-state index in [1.807, 2.05) is 32.0 Å². The third-order valence-electron chi connectivity index (χ3n) is 4.07. The van der Waals surface area contributed by atoms with Gasteiger partial charge < -0.3 is 4.90 Å². The largest absolute Gasteiger partial charge is 0.311 e. The molecule has 2 aromatic rings. The van der Waals surface area contributed by atoms with E-state index >= 15 is 0 Å². The SMILES string of the molecule is Cc1cc(C)cc(N2CC[C@H](NS(=O)(=O)c3ccccc3)C2=O)c1. The van der Waals surface area contributed by atoms with Gasteiger partial charge in [0.05, 0.1) is 4.90 Å². The van der Waals surface area contributed by atoms with Gasteiger partial charge in [-0.3, -0.25) is 4.79 Å². The van der Waals surface area contributed by atoms with Crippen LogP contribution in [0.4, 0.5) is 5.69 Å². The van der Waals surface area contributed by atoms with Crippen molar-refractivity contribution in [1.82, 2.24) is 4.72 Å². The predicted molar refractivity (Wildman–Crippen MR) is 93.4 cm³/mol. The van der Waals surface area contributed by atoms with Crippen LogP contribution in [0.15, 0.2) is 53.4 Å². The minimum absolute atomic E-state index is 0.169. The standard InChI is InChI=1S/C18H20N2O3S/c1-13-10-14(2)12-15(11-13)20-9-8-17(18(20)21)19-24(22,23)16-6-4-3-5-7-16/h3-7,10-12,17,19H,8-9H2,1-2H3/t17-/m0/s1. The third-order valence-corrected chi connectivity index (χ3v) is 5.56. The molecule has 0 saturated carbocycles. The van der Waals surface area contributed by atoms with Gasteiger partial charge in [0.1, 0.15) is 6.04 Å². The average Bonchev–Trinajstić information content (AvgIpc) is 2.88. The molecule has 0 unspecified atom stereocenters. The first-order valence-corrected chi connectivity index (χ1v) is 9.32. The van der Waals surface area contributed by atoms with Gasteiger partial charge in [-0.25, -0.2) is 8.42 Å². The lowest BCUT2D eigenvalue weighted by atomic mass is 10.1. The highest BCUT2D eigenvalue weighted by molar-refractivity contribution is 7.89. The molecule has 0 bridgehead atoms. The van der Waals surface area contributed by atoms with Crippen LogP contribution in [0.1, 0.15) is 17.5 Å². The zero-order chi connectivity index (χ0) is 17.3. The van der Waals surface area contributed by atoms with Crippen molar-refractivity contribution < 1.29 is 13.2 Å². The zero-order valence-electron chi connectivity index (χ0n) is 13.7. The first-order chi connectivity index (χ1) is 11.4. The highest BCUT2D eigenvalue weighted by Crippen LogP contribution is 2.25. The summed E-state index contributed by atoms with van der Waals surface area (Å²) in [6, 6.07) is 13.3. The number of carbonyl (C=O) groups is 1. The molecule has 1 amide bonds. The number of nitrogens with one attached hydrogen (secondary N) is 1. The molecule has 6 heteroatoms. The molecule has 1 N–H and O–H groups in total. The van der Waals surface area contributed by atoms with E-state index in [1.54, 1.807) is 23.1 Å². The molecule has 1 saturated heterocycles. The van der Waals surface area contributed by atoms with Gasteiger partial charge >= 0.3 is 0 Å². The molecule has 0 aromatic heterocycles. The third kappa shape index (κ3) is 3.34. The van der Waals surface area contributed by atoms with E-state index in [0.717, 1.165) is 16.8 Å². The Bertz CT molecular complexity index is 843. The summed E-state index contributed by atoms with van der Waals surface area (Å²) in [6.07, 6.45) is 0.456. The Morgan fingerprint density at radius 3 is 2.29 bits per heavy atom. The quantitative estimate of drug-likeness (QED) is 0.926. The van der Waals surface area contributed by atoms with Crippen LogP contribution in [0.5, 0.6) is 0 Å². The Morgan fingerprint density at radius 2 is 1.67 bits per heavy atom. The molecule has 1 aliphatic rings. The second-order valence-corrected chi connectivity index (χ2v) is 7.83. The number of anilines is 1. The summed E-state index contributed by atoms with van der Waals surface area (Å²) in [6.45, 7) is 4.46. The van der Waals surface area contributed by atoms with Crippen molar-refractivity contribution in [1.29, 1.82) is 0 Å². The number of hydrogen-bond acceptors (Lipinski definition) is 3. The van der Waals surface area contributed by atoms with Crippen molar-refractivity contribution in [2.75, 3.05) is 11.4 Å². The summed E-state index contributed by atoms with van der Waals surface area (Å²) >= 11 is 0. The topological polar surface area (TPSA) is 66.5 Å². The number of hydrogen-bond donors (Lipinski definition) is 1. The number of benzene rings is 2. The summed E-state index contributed by atoms with van der Waals surface area (Å²) < 4.78 is 27.3. The first kappa shape index (κ1) is 16.7. The van der Waals surface area contributed by atoms with Gasteiger partial charge in [0.25, 0.3) is 0 Å². The summed E-state index contributed by atoms with van der Waals surface area (Å²) in [5.41, 5.74) is 2.97. The van der Waals surface area contributed by atoms with E-state index in [2.05, 4.69) is 4.72 Å². The molecule has 0 radical (unpaired) electrons. The van der Waals surface area contributed by atoms with Gasteiger partial charge in [-0.15, -0.1) is 0 Å². The normalized spacial score (nSPS) is 18.2. The average molecular weight is 344 g/mol. The highest BCUT2D eigenvalue weighted by atomic mass is 32.2. The number of amides is 1. The minimum atomic E-state index is -3.70. The zero-order valence-corrected chi connectivity index (χ0v) is 14.5. The van der Waals surface area contributed by atoms with Crippen molar-refractivity contribution in [3.8, 4) is 0 Å². The van der Waals surface area contributed by atoms with Crippen molar-refractivity contribution in [2.45, 2.75) is 31.2 Å². The molecule has 2 aromatic carbocycles. The molecular formula is C18H20N2O3S. The van der Waals surface area contributed by atoms with Crippen molar-refractivity contribution in [2.24, 2.45) is 0 Å². The van der Waals surface area contributed by atoms with Gasteiger partial charge in [0.15, 0.2) is 0 Å². The van der Waals surface area contributed by atoms with E-state index in [9.17, 15) is 13.2 Å². The fraction of sp³-hybridized carbons (Fsp3) is 0.278. The fourth-order valence-corrected chi connectivity index (χ4v) is 4.25. The minimum Gasteiger partial charge on any atom is -0.311 e. The van der Waals surface area contributed by atoms with Crippen molar-refractivity contribution in [3.05, 3.63) is 59.7 Å². The van der Waals surface area contributed by atoms with E-state index in [1.165, 1.54) is 12.1 Å². The number of nitrogens with zero attached hydrogens (tertiary/aromatic N) is 1. The molecule has 1 heterocycles. The number of carbonyl (C=O) groups excluding carboxylic acids is 1. The van der Waals surface area contributed by atoms with Crippen LogP contribution in [-0.4, -0.2) is 26.9 Å². The van der Waals surface area contributed by atoms with Crippen LogP contribution >= 0.6 is 0 Å². The Balaban J connectivity index is 1.79. The van der Waals surface area contributed by atoms with Gasteiger partial charge in [-0.2, -0.15) is 4.72 Å². The summed E-state index contributed by atoms with van der Waals surface area (Å²) in [7, 11) is -3.70. The maximum atomic E-state index is 12.6. The molecule has 0 aliphatic carbocycles. The summed E-state index contributed by atoms with van der Waals surface area (Å²) in [5, 5.41) is 0. The van der Waals surface area contributed by atoms with E-state index < -0.39 is 16.1 Å². The van der Waals surface area contributed by atoms with Gasteiger partial charge in [0, 0.05) is 12.2 Å². The summed E-state index contributed by atoms with van der Waals surface area (Å²) in [4.78, 5) is 14.5. The lowest BCUT2D eigenvalue weighted by Gasteiger charge is -2.18. The predicted octanol–water partition coefficient (Wildman–Crippen LogP) is 2.39. The molecule has 3 rings (SSSR count). The molecule has 1 atom stereocenters. The van der Waals surface area contributed by atoms with Crippen molar-refractivity contribution >= 4 is 21.6 Å². The number of sulfonamides is 1. The molecule has 5 nitrogen and oxygen atoms in total. The lowest BCUT2D eigenvalue weighted by molar-refractivity contribution is -0.118. The van der Waals surface area contributed by atoms with E-state index in [0.29, 0.717) is 13.0 Å². The van der Waals surface area contributed by atoms with Crippen LogP contribution in [-0.2, 0) is 14.8 Å². The highest BCUT2D eigenvalue weighted by Gasteiger charge is 2.35. The molecule has 0 spiro atoms. The van der Waals surface area contributed by atoms with E-state index in [4.69, 9.17) is 0 Å². The smallest absolute Gasteiger partial charge is 0.245 e. The number of aryl methyl sites for hydroxylation is 2. The molecule has 24 heavy (non-hydrogen) atoms. The maximum absolute atomic E-state index is 12.6. The van der Waals surface area contributed by atoms with Crippen LogP contribution in [0.2, 0.25) is 0 Å². The second kappa shape index (κ2) is 6.37. The molecule has 126 valence electrons.